The molecule has 1 saturated heterocycles. The van der Waals surface area contributed by atoms with Crippen LogP contribution in [0, 0.1) is 6.92 Å². The number of sulfone groups is 1. The Morgan fingerprint density at radius 2 is 1.92 bits per heavy atom. The lowest BCUT2D eigenvalue weighted by Crippen LogP contribution is -2.42. The Kier molecular flexibility index (Phi) is 9.64. The number of hydrogen-bond donors (Lipinski definition) is 2. The van der Waals surface area contributed by atoms with Gasteiger partial charge in [0.05, 0.1) is 12.4 Å². The molecule has 9 heteroatoms. The number of piperidine rings is 1. The van der Waals surface area contributed by atoms with E-state index in [0.717, 1.165) is 54.4 Å². The molecule has 2 N–H and O–H groups in total. The van der Waals surface area contributed by atoms with E-state index >= 15 is 0 Å². The normalized spacial score (nSPS) is 17.5. The Bertz CT molecular complexity index is 1180. The molecule has 0 aromatic heterocycles. The number of rotatable bonds is 11. The highest BCUT2D eigenvalue weighted by atomic mass is 32.2. The molecule has 2 aromatic carbocycles. The molecule has 1 aliphatic heterocycles. The summed E-state index contributed by atoms with van der Waals surface area (Å²) in [5.41, 5.74) is 4.01. The SMILES string of the molecule is COCC1CCCCN1Cc1ccc(C(=O)NC(CCS(C)(=O)=O)C(=O)O)c(-c2ccccc2C)c1. The molecule has 2 aromatic rings. The number of nitrogens with one attached hydrogen (secondary N) is 1. The molecule has 196 valence electrons. The van der Waals surface area contributed by atoms with E-state index in [1.807, 2.05) is 43.3 Å². The number of carbonyl (C=O) groups is 2. The van der Waals surface area contributed by atoms with Crippen LogP contribution in [0.15, 0.2) is 42.5 Å². The van der Waals surface area contributed by atoms with Gasteiger partial charge in [-0.3, -0.25) is 9.69 Å². The molecule has 3 rings (SSSR count). The largest absolute Gasteiger partial charge is 0.480 e. The molecular formula is C27H36N2O6S. The first-order chi connectivity index (χ1) is 17.1. The number of likely N-dealkylation sites (tertiary alicyclic amines) is 1. The van der Waals surface area contributed by atoms with Crippen molar-refractivity contribution < 1.29 is 27.9 Å². The fourth-order valence-corrected chi connectivity index (χ4v) is 5.36. The van der Waals surface area contributed by atoms with Crippen LogP contribution in [0.5, 0.6) is 0 Å². The number of ether oxygens (including phenoxy) is 1. The second-order valence-electron chi connectivity index (χ2n) is 9.55. The van der Waals surface area contributed by atoms with Crippen LogP contribution in [0.2, 0.25) is 0 Å². The number of aryl methyl sites for hydroxylation is 1. The predicted octanol–water partition coefficient (Wildman–Crippen LogP) is 3.28. The van der Waals surface area contributed by atoms with E-state index in [1.54, 1.807) is 13.2 Å². The number of methoxy groups -OCH3 is 1. The van der Waals surface area contributed by atoms with Gasteiger partial charge in [-0.05, 0) is 67.1 Å². The van der Waals surface area contributed by atoms with Crippen molar-refractivity contribution in [2.75, 3.05) is 32.3 Å². The molecule has 2 unspecified atom stereocenters. The van der Waals surface area contributed by atoms with Crippen molar-refractivity contribution in [1.82, 2.24) is 10.2 Å². The number of aliphatic carboxylic acids is 1. The molecule has 2 atom stereocenters. The minimum atomic E-state index is -3.37. The second-order valence-corrected chi connectivity index (χ2v) is 11.8. The lowest BCUT2D eigenvalue weighted by atomic mass is 9.93. The Hall–Kier alpha value is -2.75. The summed E-state index contributed by atoms with van der Waals surface area (Å²) >= 11 is 0. The zero-order chi connectivity index (χ0) is 26.3. The average molecular weight is 517 g/mol. The summed E-state index contributed by atoms with van der Waals surface area (Å²) in [6.07, 6.45) is 4.25. The van der Waals surface area contributed by atoms with E-state index in [4.69, 9.17) is 4.74 Å². The predicted molar refractivity (Wildman–Crippen MR) is 140 cm³/mol. The van der Waals surface area contributed by atoms with Crippen molar-refractivity contribution >= 4 is 21.7 Å². The summed E-state index contributed by atoms with van der Waals surface area (Å²) in [6.45, 7) is 4.35. The zero-order valence-electron chi connectivity index (χ0n) is 21.2. The molecule has 1 heterocycles. The lowest BCUT2D eigenvalue weighted by molar-refractivity contribution is -0.139. The monoisotopic (exact) mass is 516 g/mol. The van der Waals surface area contributed by atoms with E-state index in [1.165, 1.54) is 6.42 Å². The number of nitrogens with zero attached hydrogens (tertiary/aromatic N) is 1. The van der Waals surface area contributed by atoms with Gasteiger partial charge in [-0.15, -0.1) is 0 Å². The fraction of sp³-hybridized carbons (Fsp3) is 0.481. The first kappa shape index (κ1) is 27.8. The van der Waals surface area contributed by atoms with Crippen LogP contribution in [-0.4, -0.2) is 74.7 Å². The summed E-state index contributed by atoms with van der Waals surface area (Å²) in [4.78, 5) is 27.4. The summed E-state index contributed by atoms with van der Waals surface area (Å²) in [7, 11) is -1.65. The maximum Gasteiger partial charge on any atom is 0.326 e. The Balaban J connectivity index is 1.92. The molecule has 8 nitrogen and oxygen atoms in total. The summed E-state index contributed by atoms with van der Waals surface area (Å²) in [5.74, 6) is -2.14. The molecule has 0 saturated carbocycles. The van der Waals surface area contributed by atoms with Gasteiger partial charge in [0.2, 0.25) is 0 Å². The Labute approximate surface area is 213 Å². The van der Waals surface area contributed by atoms with Gasteiger partial charge in [-0.2, -0.15) is 0 Å². The maximum absolute atomic E-state index is 13.3. The minimum absolute atomic E-state index is 0.201. The van der Waals surface area contributed by atoms with Crippen LogP contribution >= 0.6 is 0 Å². The van der Waals surface area contributed by atoms with Gasteiger partial charge in [-0.1, -0.05) is 36.8 Å². The molecule has 1 aliphatic rings. The molecule has 1 fully saturated rings. The van der Waals surface area contributed by atoms with Crippen molar-refractivity contribution in [2.45, 2.75) is 51.2 Å². The smallest absolute Gasteiger partial charge is 0.326 e. The van der Waals surface area contributed by atoms with Gasteiger partial charge in [-0.25, -0.2) is 13.2 Å². The van der Waals surface area contributed by atoms with Crippen LogP contribution in [0.1, 0.15) is 47.2 Å². The standard InChI is InChI=1S/C27H36N2O6S/c1-19-8-4-5-10-22(19)24-16-20(17-29-14-7-6-9-21(29)18-35-2)11-12-23(24)26(30)28-25(27(31)32)13-15-36(3,33)34/h4-5,8,10-12,16,21,25H,6-7,9,13-15,17-18H2,1-3H3,(H,28,30)(H,31,32). The van der Waals surface area contributed by atoms with Crippen LogP contribution < -0.4 is 5.32 Å². The maximum atomic E-state index is 13.3. The molecule has 0 bridgehead atoms. The highest BCUT2D eigenvalue weighted by Crippen LogP contribution is 2.30. The molecular weight excluding hydrogens is 480 g/mol. The highest BCUT2D eigenvalue weighted by molar-refractivity contribution is 7.90. The average Bonchev–Trinajstić information content (AvgIpc) is 2.82. The van der Waals surface area contributed by atoms with Crippen molar-refractivity contribution in [2.24, 2.45) is 0 Å². The van der Waals surface area contributed by atoms with Crippen molar-refractivity contribution in [3.05, 3.63) is 59.2 Å². The van der Waals surface area contributed by atoms with Gasteiger partial charge in [0.15, 0.2) is 0 Å². The van der Waals surface area contributed by atoms with E-state index in [9.17, 15) is 23.1 Å². The van der Waals surface area contributed by atoms with Gasteiger partial charge in [0.1, 0.15) is 15.9 Å². The van der Waals surface area contributed by atoms with Gasteiger partial charge in [0, 0.05) is 31.5 Å². The molecule has 0 spiro atoms. The van der Waals surface area contributed by atoms with Crippen LogP contribution in [0.25, 0.3) is 11.1 Å². The van der Waals surface area contributed by atoms with Crippen LogP contribution in [-0.2, 0) is 25.9 Å². The number of carboxylic acid groups (broad SMARTS) is 1. The summed E-state index contributed by atoms with van der Waals surface area (Å²) in [6, 6.07) is 12.4. The second kappa shape index (κ2) is 12.5. The zero-order valence-corrected chi connectivity index (χ0v) is 22.0. The molecule has 1 amide bonds. The van der Waals surface area contributed by atoms with Crippen molar-refractivity contribution in [3.8, 4) is 11.1 Å². The third-order valence-electron chi connectivity index (χ3n) is 6.64. The Morgan fingerprint density at radius 3 is 2.58 bits per heavy atom. The van der Waals surface area contributed by atoms with Crippen molar-refractivity contribution in [3.63, 3.8) is 0 Å². The number of carboxylic acids is 1. The van der Waals surface area contributed by atoms with E-state index in [0.29, 0.717) is 18.2 Å². The van der Waals surface area contributed by atoms with E-state index in [-0.39, 0.29) is 12.2 Å². The Morgan fingerprint density at radius 1 is 1.17 bits per heavy atom. The highest BCUT2D eigenvalue weighted by Gasteiger charge is 2.26. The first-order valence-electron chi connectivity index (χ1n) is 12.2. The van der Waals surface area contributed by atoms with Gasteiger partial charge in [0.25, 0.3) is 5.91 Å². The third kappa shape index (κ3) is 7.62. The fourth-order valence-electron chi connectivity index (χ4n) is 4.69. The summed E-state index contributed by atoms with van der Waals surface area (Å²) in [5, 5.41) is 12.1. The first-order valence-corrected chi connectivity index (χ1v) is 14.3. The topological polar surface area (TPSA) is 113 Å². The van der Waals surface area contributed by atoms with Gasteiger partial charge >= 0.3 is 5.97 Å². The molecule has 0 aliphatic carbocycles. The quantitative estimate of drug-likeness (QED) is 0.471. The number of hydrogen-bond acceptors (Lipinski definition) is 6. The number of amides is 1. The number of benzene rings is 2. The van der Waals surface area contributed by atoms with Crippen LogP contribution in [0.3, 0.4) is 0 Å². The lowest BCUT2D eigenvalue weighted by Gasteiger charge is -2.35. The van der Waals surface area contributed by atoms with Crippen molar-refractivity contribution in [1.29, 1.82) is 0 Å². The number of carbonyl (C=O) groups excluding carboxylic acids is 1. The molecule has 0 radical (unpaired) electrons. The van der Waals surface area contributed by atoms with Crippen LogP contribution in [0.4, 0.5) is 0 Å². The minimum Gasteiger partial charge on any atom is -0.480 e. The van der Waals surface area contributed by atoms with E-state index in [2.05, 4.69) is 10.2 Å². The third-order valence-corrected chi connectivity index (χ3v) is 7.62. The summed E-state index contributed by atoms with van der Waals surface area (Å²) < 4.78 is 28.5. The van der Waals surface area contributed by atoms with Gasteiger partial charge < -0.3 is 15.2 Å². The van der Waals surface area contributed by atoms with E-state index < -0.39 is 27.8 Å². The molecule has 36 heavy (non-hydrogen) atoms.